The molecule has 14 heteroatoms. The number of aliphatic hydroxyl groups excluding tert-OH is 1. The van der Waals surface area contributed by atoms with Gasteiger partial charge in [-0.1, -0.05) is 6.08 Å². The Bertz CT molecular complexity index is 1050. The van der Waals surface area contributed by atoms with Crippen molar-refractivity contribution in [3.8, 4) is 0 Å². The van der Waals surface area contributed by atoms with Crippen molar-refractivity contribution in [3.63, 3.8) is 0 Å². The van der Waals surface area contributed by atoms with Gasteiger partial charge in [0, 0.05) is 0 Å². The van der Waals surface area contributed by atoms with Gasteiger partial charge in [0.1, 0.15) is 61.0 Å². The molecule has 0 bridgehead atoms. The summed E-state index contributed by atoms with van der Waals surface area (Å²) >= 11 is 0. The average molecular weight is 647 g/mol. The van der Waals surface area contributed by atoms with E-state index in [-0.39, 0.29) is 19.8 Å². The molecular weight excluding hydrogens is 596 g/mol. The quantitative estimate of drug-likeness (QED) is 0.345. The Balaban J connectivity index is 1.09. The van der Waals surface area contributed by atoms with Crippen LogP contribution in [0.3, 0.4) is 0 Å². The fourth-order valence-corrected chi connectivity index (χ4v) is 6.70. The lowest BCUT2D eigenvalue weighted by molar-refractivity contribution is -0.374. The van der Waals surface area contributed by atoms with Crippen LogP contribution in [0.1, 0.15) is 55.4 Å². The van der Waals surface area contributed by atoms with E-state index in [2.05, 4.69) is 6.58 Å². The molecule has 6 heterocycles. The van der Waals surface area contributed by atoms with E-state index in [1.165, 1.54) is 0 Å². The first kappa shape index (κ1) is 34.1. The standard InChI is InChI=1S/C31H50O14/c1-10-11-33-17(13-35-27-25-23(43-31(8,9)45-25)21-19(39-27)15-37-29(4,5)41-21)16(32)12-34-26-24-22(42-30(6,7)44-24)20-18(38-26)14-36-28(2,3)40-20/h10,16-27,32H,1,11-15H2,2-9H3/t16-,17-,18+,19+,20+,21+,22-,23-,24-,25-,26-,27-/m0/s1. The van der Waals surface area contributed by atoms with Crippen molar-refractivity contribution in [2.45, 2.75) is 152 Å². The number of hydrogen-bond acceptors (Lipinski definition) is 14. The van der Waals surface area contributed by atoms with E-state index < -0.39 is 96.8 Å². The molecule has 0 aromatic carbocycles. The molecule has 0 saturated carbocycles. The number of aliphatic hydroxyl groups is 1. The summed E-state index contributed by atoms with van der Waals surface area (Å²) in [7, 11) is 0. The predicted molar refractivity (Wildman–Crippen MR) is 153 cm³/mol. The van der Waals surface area contributed by atoms with Gasteiger partial charge in [-0.25, -0.2) is 0 Å². The maximum atomic E-state index is 11.3. The summed E-state index contributed by atoms with van der Waals surface area (Å²) in [5.74, 6) is -3.30. The molecule has 0 aliphatic carbocycles. The molecule has 0 aromatic heterocycles. The average Bonchev–Trinajstić information content (AvgIpc) is 3.46. The second-order valence-electron chi connectivity index (χ2n) is 14.2. The molecule has 1 N–H and O–H groups in total. The zero-order valence-corrected chi connectivity index (χ0v) is 27.5. The first-order valence-corrected chi connectivity index (χ1v) is 15.8. The molecule has 0 aromatic rings. The highest BCUT2D eigenvalue weighted by molar-refractivity contribution is 5.01. The van der Waals surface area contributed by atoms with Crippen molar-refractivity contribution >= 4 is 0 Å². The largest absolute Gasteiger partial charge is 0.388 e. The van der Waals surface area contributed by atoms with Gasteiger partial charge in [0.2, 0.25) is 0 Å². The van der Waals surface area contributed by atoms with Crippen LogP contribution >= 0.6 is 0 Å². The molecule has 0 spiro atoms. The van der Waals surface area contributed by atoms with E-state index in [0.717, 1.165) is 0 Å². The van der Waals surface area contributed by atoms with Gasteiger partial charge < -0.3 is 66.7 Å². The molecule has 258 valence electrons. The number of ether oxygens (including phenoxy) is 13. The third-order valence-electron chi connectivity index (χ3n) is 8.61. The van der Waals surface area contributed by atoms with Crippen molar-refractivity contribution in [1.82, 2.24) is 0 Å². The minimum atomic E-state index is -1.11. The summed E-state index contributed by atoms with van der Waals surface area (Å²) in [6.45, 7) is 19.1. The minimum absolute atomic E-state index is 0.0354. The van der Waals surface area contributed by atoms with Crippen LogP contribution in [-0.2, 0) is 61.6 Å². The van der Waals surface area contributed by atoms with E-state index in [1.54, 1.807) is 6.08 Å². The van der Waals surface area contributed by atoms with Crippen LogP contribution in [0.4, 0.5) is 0 Å². The summed E-state index contributed by atoms with van der Waals surface area (Å²) in [4.78, 5) is 0. The second kappa shape index (κ2) is 12.6. The van der Waals surface area contributed by atoms with Crippen LogP contribution in [0.15, 0.2) is 12.7 Å². The van der Waals surface area contributed by atoms with Crippen LogP contribution in [-0.4, -0.2) is 135 Å². The molecule has 14 nitrogen and oxygen atoms in total. The Morgan fingerprint density at radius 1 is 0.644 bits per heavy atom. The van der Waals surface area contributed by atoms with Gasteiger partial charge in [0.15, 0.2) is 35.7 Å². The molecule has 6 aliphatic rings. The molecule has 0 unspecified atom stereocenters. The normalized spacial score (nSPS) is 43.8. The third kappa shape index (κ3) is 7.44. The molecular formula is C31H50O14. The zero-order valence-electron chi connectivity index (χ0n) is 27.5. The van der Waals surface area contributed by atoms with Gasteiger partial charge in [0.25, 0.3) is 0 Å². The highest BCUT2D eigenvalue weighted by Gasteiger charge is 2.60. The van der Waals surface area contributed by atoms with E-state index in [4.69, 9.17) is 61.6 Å². The van der Waals surface area contributed by atoms with Crippen LogP contribution in [0.2, 0.25) is 0 Å². The Morgan fingerprint density at radius 3 is 1.53 bits per heavy atom. The van der Waals surface area contributed by atoms with Gasteiger partial charge >= 0.3 is 0 Å². The molecule has 6 aliphatic heterocycles. The molecule has 45 heavy (non-hydrogen) atoms. The number of hydrogen-bond donors (Lipinski definition) is 1. The molecule has 6 saturated heterocycles. The fourth-order valence-electron chi connectivity index (χ4n) is 6.70. The van der Waals surface area contributed by atoms with Gasteiger partial charge in [-0.2, -0.15) is 0 Å². The molecule has 0 radical (unpaired) electrons. The third-order valence-corrected chi connectivity index (χ3v) is 8.61. The fraction of sp³-hybridized carbons (Fsp3) is 0.935. The topological polar surface area (TPSA) is 140 Å². The van der Waals surface area contributed by atoms with Crippen LogP contribution in [0, 0.1) is 0 Å². The maximum Gasteiger partial charge on any atom is 0.187 e. The molecule has 0 amide bonds. The van der Waals surface area contributed by atoms with Crippen molar-refractivity contribution in [3.05, 3.63) is 12.7 Å². The van der Waals surface area contributed by atoms with Crippen LogP contribution < -0.4 is 0 Å². The minimum Gasteiger partial charge on any atom is -0.388 e. The highest BCUT2D eigenvalue weighted by Crippen LogP contribution is 2.44. The highest BCUT2D eigenvalue weighted by atomic mass is 16.8. The monoisotopic (exact) mass is 646 g/mol. The summed E-state index contributed by atoms with van der Waals surface area (Å²) in [6, 6.07) is 0. The predicted octanol–water partition coefficient (Wildman–Crippen LogP) is 1.74. The first-order chi connectivity index (χ1) is 21.1. The Kier molecular flexibility index (Phi) is 9.51. The van der Waals surface area contributed by atoms with Gasteiger partial charge in [-0.3, -0.25) is 0 Å². The lowest BCUT2D eigenvalue weighted by atomic mass is 9.97. The molecule has 6 rings (SSSR count). The van der Waals surface area contributed by atoms with E-state index in [1.807, 2.05) is 55.4 Å². The summed E-state index contributed by atoms with van der Waals surface area (Å²) in [5.41, 5.74) is 0. The van der Waals surface area contributed by atoms with E-state index in [9.17, 15) is 5.11 Å². The zero-order chi connectivity index (χ0) is 32.4. The van der Waals surface area contributed by atoms with Crippen molar-refractivity contribution in [1.29, 1.82) is 0 Å². The maximum absolute atomic E-state index is 11.3. The van der Waals surface area contributed by atoms with Gasteiger partial charge in [-0.15, -0.1) is 6.58 Å². The van der Waals surface area contributed by atoms with Crippen LogP contribution in [0.5, 0.6) is 0 Å². The smallest absolute Gasteiger partial charge is 0.187 e. The van der Waals surface area contributed by atoms with E-state index in [0.29, 0.717) is 13.2 Å². The lowest BCUT2D eigenvalue weighted by Crippen LogP contribution is -2.64. The Morgan fingerprint density at radius 2 is 1.07 bits per heavy atom. The second-order valence-corrected chi connectivity index (χ2v) is 14.2. The van der Waals surface area contributed by atoms with Crippen molar-refractivity contribution in [2.75, 3.05) is 33.0 Å². The van der Waals surface area contributed by atoms with Gasteiger partial charge in [-0.05, 0) is 55.4 Å². The summed E-state index contributed by atoms with van der Waals surface area (Å²) in [6.07, 6.45) is -5.70. The van der Waals surface area contributed by atoms with Crippen molar-refractivity contribution in [2.24, 2.45) is 0 Å². The Hall–Kier alpha value is -0.820. The Labute approximate surface area is 264 Å². The van der Waals surface area contributed by atoms with Crippen molar-refractivity contribution < 1.29 is 66.7 Å². The molecule has 12 atom stereocenters. The number of fused-ring (bicyclic) bond motifs is 6. The summed E-state index contributed by atoms with van der Waals surface area (Å²) < 4.78 is 79.6. The lowest BCUT2D eigenvalue weighted by Gasteiger charge is -2.48. The SMILES string of the molecule is C=CCO[C@@H](CO[C@H]1O[C@@H]2COC(C)(C)O[C@H]2[C@@H]2OC(C)(C)O[C@H]12)[C@@H](O)CO[C@H]1O[C@@H]2COC(C)(C)O[C@H]2[C@@H]2OC(C)(C)O[C@H]12. The van der Waals surface area contributed by atoms with Crippen LogP contribution in [0.25, 0.3) is 0 Å². The molecule has 6 fully saturated rings. The summed E-state index contributed by atoms with van der Waals surface area (Å²) in [5, 5.41) is 11.3. The van der Waals surface area contributed by atoms with E-state index >= 15 is 0 Å². The first-order valence-electron chi connectivity index (χ1n) is 15.8. The number of rotatable bonds is 10. The van der Waals surface area contributed by atoms with Gasteiger partial charge in [0.05, 0.1) is 33.0 Å².